The van der Waals surface area contributed by atoms with Gasteiger partial charge in [0.1, 0.15) is 12.2 Å². The lowest BCUT2D eigenvalue weighted by Gasteiger charge is -2.61. The Balaban J connectivity index is 2.19. The van der Waals surface area contributed by atoms with Gasteiger partial charge in [0.15, 0.2) is 23.9 Å². The average molecular weight is 591 g/mol. The minimum Gasteiger partial charge on any atom is -0.461 e. The van der Waals surface area contributed by atoms with E-state index in [0.29, 0.717) is 11.1 Å². The van der Waals surface area contributed by atoms with E-state index < -0.39 is 88.7 Å². The summed E-state index contributed by atoms with van der Waals surface area (Å²) in [5, 5.41) is 0. The van der Waals surface area contributed by atoms with Crippen LogP contribution in [0.1, 0.15) is 75.2 Å². The Morgan fingerprint density at radius 2 is 1.40 bits per heavy atom. The molecule has 0 aromatic carbocycles. The molecule has 42 heavy (non-hydrogen) atoms. The first-order valence-electron chi connectivity index (χ1n) is 13.9. The molecule has 0 spiro atoms. The maximum Gasteiger partial charge on any atom is 0.334 e. The summed E-state index contributed by atoms with van der Waals surface area (Å²) in [4.78, 5) is 76.5. The molecule has 4 aliphatic rings. The summed E-state index contributed by atoms with van der Waals surface area (Å²) in [6.45, 7) is 13.0. The third-order valence-electron chi connectivity index (χ3n) is 9.31. The number of hydrogen-bond donors (Lipinski definition) is 0. The Labute approximate surface area is 244 Å². The zero-order valence-electron chi connectivity index (χ0n) is 25.4. The first-order valence-corrected chi connectivity index (χ1v) is 13.9. The fraction of sp³-hybridized carbons (Fsp3) is 0.667. The maximum absolute atomic E-state index is 13.5. The van der Waals surface area contributed by atoms with Gasteiger partial charge in [0, 0.05) is 64.4 Å². The highest BCUT2D eigenvalue weighted by Crippen LogP contribution is 2.65. The molecule has 12 heteroatoms. The van der Waals surface area contributed by atoms with E-state index in [9.17, 15) is 28.8 Å². The van der Waals surface area contributed by atoms with Gasteiger partial charge in [0.25, 0.3) is 0 Å². The van der Waals surface area contributed by atoms with Crippen molar-refractivity contribution in [3.05, 3.63) is 22.8 Å². The van der Waals surface area contributed by atoms with Crippen molar-refractivity contribution in [3.63, 3.8) is 0 Å². The van der Waals surface area contributed by atoms with Crippen LogP contribution in [-0.2, 0) is 57.2 Å². The van der Waals surface area contributed by atoms with E-state index in [1.807, 2.05) is 0 Å². The molecule has 2 bridgehead atoms. The fourth-order valence-corrected chi connectivity index (χ4v) is 7.79. The van der Waals surface area contributed by atoms with Crippen molar-refractivity contribution < 1.29 is 57.2 Å². The molecule has 1 heterocycles. The van der Waals surface area contributed by atoms with Crippen molar-refractivity contribution in [1.29, 1.82) is 0 Å². The minimum atomic E-state index is -1.66. The molecule has 0 aromatic heterocycles. The summed E-state index contributed by atoms with van der Waals surface area (Å²) in [5.74, 6) is -5.00. The van der Waals surface area contributed by atoms with Crippen LogP contribution in [0.5, 0.6) is 0 Å². The van der Waals surface area contributed by atoms with Crippen molar-refractivity contribution in [2.24, 2.45) is 16.7 Å². The number of rotatable bonds is 5. The van der Waals surface area contributed by atoms with Gasteiger partial charge < -0.3 is 28.4 Å². The molecule has 230 valence electrons. The molecule has 1 saturated carbocycles. The van der Waals surface area contributed by atoms with Crippen molar-refractivity contribution in [2.75, 3.05) is 0 Å². The normalized spacial score (nSPS) is 36.2. The van der Waals surface area contributed by atoms with Gasteiger partial charge in [-0.05, 0) is 18.1 Å². The summed E-state index contributed by atoms with van der Waals surface area (Å²) in [7, 11) is 0. The highest BCUT2D eigenvalue weighted by molar-refractivity contribution is 5.92. The van der Waals surface area contributed by atoms with Crippen LogP contribution >= 0.6 is 0 Å². The van der Waals surface area contributed by atoms with Crippen LogP contribution in [0.2, 0.25) is 0 Å². The summed E-state index contributed by atoms with van der Waals surface area (Å²) < 4.78 is 35.8. The lowest BCUT2D eigenvalue weighted by Crippen LogP contribution is -2.72. The molecule has 8 atom stereocenters. The Bertz CT molecular complexity index is 1310. The van der Waals surface area contributed by atoms with E-state index in [4.69, 9.17) is 28.4 Å². The Kier molecular flexibility index (Phi) is 7.84. The quantitative estimate of drug-likeness (QED) is 0.262. The Hall–Kier alpha value is -3.70. The van der Waals surface area contributed by atoms with Crippen LogP contribution in [0, 0.1) is 16.7 Å². The number of ether oxygens (including phenoxy) is 6. The summed E-state index contributed by atoms with van der Waals surface area (Å²) in [6, 6.07) is 0. The average Bonchev–Trinajstić information content (AvgIpc) is 3.18. The molecule has 1 saturated heterocycles. The highest BCUT2D eigenvalue weighted by atomic mass is 16.6. The monoisotopic (exact) mass is 590 g/mol. The summed E-state index contributed by atoms with van der Waals surface area (Å²) in [6.07, 6.45) is -4.19. The number of hydrogen-bond acceptors (Lipinski definition) is 12. The standard InChI is InChI=1S/C30H38O12/c1-13-20(37-14(2)31)12-30(42-18(6)35)25-23-19(27(36)41-25)10-11-21(38-15(3)32)29(23,9)26(40-17(5)34)24(39-16(4)33)22(13)28(30,7)8/h10,20-21,23-26H,11-12H2,1-9H3. The van der Waals surface area contributed by atoms with E-state index in [2.05, 4.69) is 0 Å². The molecule has 1 aliphatic heterocycles. The third kappa shape index (κ3) is 4.68. The minimum absolute atomic E-state index is 0.0757. The van der Waals surface area contributed by atoms with Crippen LogP contribution in [-0.4, -0.2) is 71.9 Å². The van der Waals surface area contributed by atoms with Gasteiger partial charge in [0.2, 0.25) is 0 Å². The van der Waals surface area contributed by atoms with E-state index in [-0.39, 0.29) is 18.4 Å². The molecular formula is C30H38O12. The summed E-state index contributed by atoms with van der Waals surface area (Å²) >= 11 is 0. The predicted octanol–water partition coefficient (Wildman–Crippen LogP) is 2.65. The van der Waals surface area contributed by atoms with Crippen LogP contribution in [0.4, 0.5) is 0 Å². The van der Waals surface area contributed by atoms with Crippen LogP contribution < -0.4 is 0 Å². The number of fused-ring (bicyclic) bond motifs is 3. The molecule has 12 nitrogen and oxygen atoms in total. The SMILES string of the molecule is CC(=O)OC1CC2(OC(C)=O)C3OC(=O)C4=CCC(OC(C)=O)C(C)(C(OC(C)=O)C(OC(C)=O)C(=C1C)C2(C)C)C43. The molecule has 0 aromatic rings. The van der Waals surface area contributed by atoms with Crippen LogP contribution in [0.3, 0.4) is 0 Å². The smallest absolute Gasteiger partial charge is 0.334 e. The second-order valence-electron chi connectivity index (χ2n) is 12.2. The first kappa shape index (κ1) is 31.2. The Morgan fingerprint density at radius 1 is 0.833 bits per heavy atom. The van der Waals surface area contributed by atoms with Crippen LogP contribution in [0.15, 0.2) is 22.8 Å². The second-order valence-corrected chi connectivity index (χ2v) is 12.2. The van der Waals surface area contributed by atoms with E-state index >= 15 is 0 Å². The third-order valence-corrected chi connectivity index (χ3v) is 9.31. The molecule has 8 unspecified atom stereocenters. The highest BCUT2D eigenvalue weighted by Gasteiger charge is 2.75. The van der Waals surface area contributed by atoms with E-state index in [0.717, 1.165) is 0 Å². The topological polar surface area (TPSA) is 158 Å². The molecule has 0 N–H and O–H groups in total. The lowest BCUT2D eigenvalue weighted by molar-refractivity contribution is -0.248. The molecule has 2 fully saturated rings. The zero-order chi connectivity index (χ0) is 31.5. The van der Waals surface area contributed by atoms with Crippen LogP contribution in [0.25, 0.3) is 0 Å². The summed E-state index contributed by atoms with van der Waals surface area (Å²) in [5.41, 5.74) is -3.26. The number of esters is 6. The van der Waals surface area contributed by atoms with Crippen molar-refractivity contribution in [3.8, 4) is 0 Å². The predicted molar refractivity (Wildman–Crippen MR) is 142 cm³/mol. The van der Waals surface area contributed by atoms with Gasteiger partial charge in [0.05, 0.1) is 5.41 Å². The van der Waals surface area contributed by atoms with Crippen molar-refractivity contribution >= 4 is 35.8 Å². The zero-order valence-corrected chi connectivity index (χ0v) is 25.4. The van der Waals surface area contributed by atoms with Gasteiger partial charge in [-0.3, -0.25) is 24.0 Å². The van der Waals surface area contributed by atoms with Crippen molar-refractivity contribution in [1.82, 2.24) is 0 Å². The fourth-order valence-electron chi connectivity index (χ4n) is 7.79. The molecule has 3 aliphatic carbocycles. The second kappa shape index (κ2) is 10.5. The van der Waals surface area contributed by atoms with E-state index in [1.54, 1.807) is 33.8 Å². The van der Waals surface area contributed by atoms with Gasteiger partial charge >= 0.3 is 35.8 Å². The maximum atomic E-state index is 13.5. The Morgan fingerprint density at radius 3 is 1.93 bits per heavy atom. The van der Waals surface area contributed by atoms with Crippen molar-refractivity contribution in [2.45, 2.75) is 111 Å². The molecule has 0 radical (unpaired) electrons. The van der Waals surface area contributed by atoms with Gasteiger partial charge in [-0.25, -0.2) is 4.79 Å². The largest absolute Gasteiger partial charge is 0.461 e. The van der Waals surface area contributed by atoms with E-state index in [1.165, 1.54) is 34.6 Å². The number of carbonyl (C=O) groups excluding carboxylic acids is 6. The first-order chi connectivity index (χ1) is 19.4. The van der Waals surface area contributed by atoms with Gasteiger partial charge in [-0.1, -0.05) is 26.8 Å². The molecule has 0 amide bonds. The molecule has 4 rings (SSSR count). The van der Waals surface area contributed by atoms with Gasteiger partial charge in [-0.15, -0.1) is 0 Å². The van der Waals surface area contributed by atoms with Gasteiger partial charge in [-0.2, -0.15) is 0 Å². The molecular weight excluding hydrogens is 552 g/mol. The number of carbonyl (C=O) groups is 6. The lowest BCUT2D eigenvalue weighted by atomic mass is 9.48.